The van der Waals surface area contributed by atoms with Gasteiger partial charge in [0.25, 0.3) is 5.91 Å². The maximum atomic E-state index is 12.5. The van der Waals surface area contributed by atoms with Crippen LogP contribution in [0, 0.1) is 6.92 Å². The number of benzene rings is 1. The van der Waals surface area contributed by atoms with Gasteiger partial charge in [-0.25, -0.2) is 0 Å². The molecule has 2 rings (SSSR count). The van der Waals surface area contributed by atoms with Crippen molar-refractivity contribution in [1.29, 1.82) is 0 Å². The lowest BCUT2D eigenvalue weighted by Gasteiger charge is -2.23. The molecule has 1 saturated heterocycles. The van der Waals surface area contributed by atoms with Gasteiger partial charge in [0.15, 0.2) is 0 Å². The second-order valence-corrected chi connectivity index (χ2v) is 5.66. The van der Waals surface area contributed by atoms with Gasteiger partial charge < -0.3 is 9.64 Å². The molecular formula is C14H18BrNO2. The predicted octanol–water partition coefficient (Wildman–Crippen LogP) is 3.01. The molecule has 98 valence electrons. The number of halogens is 1. The van der Waals surface area contributed by atoms with Crippen LogP contribution in [0.3, 0.4) is 0 Å². The molecule has 1 aromatic carbocycles. The summed E-state index contributed by atoms with van der Waals surface area (Å²) >= 11 is 3.42. The van der Waals surface area contributed by atoms with E-state index < -0.39 is 0 Å². The van der Waals surface area contributed by atoms with E-state index in [0.717, 1.165) is 35.2 Å². The summed E-state index contributed by atoms with van der Waals surface area (Å²) in [6, 6.07) is 5.82. The Morgan fingerprint density at radius 3 is 3.06 bits per heavy atom. The SMILES string of the molecule is Cc1ccc(Br)cc1C(=O)N1CCCOC(C)C1. The monoisotopic (exact) mass is 311 g/mol. The molecular weight excluding hydrogens is 294 g/mol. The van der Waals surface area contributed by atoms with Crippen molar-refractivity contribution in [2.24, 2.45) is 0 Å². The molecule has 3 nitrogen and oxygen atoms in total. The van der Waals surface area contributed by atoms with Crippen LogP contribution in [0.4, 0.5) is 0 Å². The molecule has 4 heteroatoms. The van der Waals surface area contributed by atoms with Crippen LogP contribution < -0.4 is 0 Å². The molecule has 1 fully saturated rings. The molecule has 1 heterocycles. The first-order valence-electron chi connectivity index (χ1n) is 6.25. The van der Waals surface area contributed by atoms with Crippen molar-refractivity contribution in [1.82, 2.24) is 4.90 Å². The molecule has 0 spiro atoms. The van der Waals surface area contributed by atoms with E-state index >= 15 is 0 Å². The van der Waals surface area contributed by atoms with Gasteiger partial charge in [-0.2, -0.15) is 0 Å². The number of hydrogen-bond acceptors (Lipinski definition) is 2. The number of rotatable bonds is 1. The quantitative estimate of drug-likeness (QED) is 0.798. The Bertz CT molecular complexity index is 447. The summed E-state index contributed by atoms with van der Waals surface area (Å²) in [5, 5.41) is 0. The first-order valence-corrected chi connectivity index (χ1v) is 7.04. The topological polar surface area (TPSA) is 29.5 Å². The number of nitrogens with zero attached hydrogens (tertiary/aromatic N) is 1. The zero-order valence-electron chi connectivity index (χ0n) is 10.8. The van der Waals surface area contributed by atoms with Crippen LogP contribution in [0.2, 0.25) is 0 Å². The molecule has 1 unspecified atom stereocenters. The summed E-state index contributed by atoms with van der Waals surface area (Å²) in [6.45, 7) is 6.17. The van der Waals surface area contributed by atoms with Crippen LogP contribution in [0.15, 0.2) is 22.7 Å². The Morgan fingerprint density at radius 2 is 2.28 bits per heavy atom. The fraction of sp³-hybridized carbons (Fsp3) is 0.500. The molecule has 18 heavy (non-hydrogen) atoms. The second kappa shape index (κ2) is 5.85. The van der Waals surface area contributed by atoms with Gasteiger partial charge in [0, 0.05) is 29.7 Å². The summed E-state index contributed by atoms with van der Waals surface area (Å²) in [6.07, 6.45) is 1.02. The highest BCUT2D eigenvalue weighted by atomic mass is 79.9. The fourth-order valence-electron chi connectivity index (χ4n) is 2.17. The lowest BCUT2D eigenvalue weighted by molar-refractivity contribution is 0.0562. The van der Waals surface area contributed by atoms with Crippen LogP contribution in [0.1, 0.15) is 29.3 Å². The van der Waals surface area contributed by atoms with Crippen molar-refractivity contribution in [3.05, 3.63) is 33.8 Å². The highest BCUT2D eigenvalue weighted by Gasteiger charge is 2.22. The van der Waals surface area contributed by atoms with E-state index in [1.165, 1.54) is 0 Å². The van der Waals surface area contributed by atoms with Crippen molar-refractivity contribution >= 4 is 21.8 Å². The number of ether oxygens (including phenoxy) is 1. The Balaban J connectivity index is 2.21. The van der Waals surface area contributed by atoms with Crippen molar-refractivity contribution in [2.75, 3.05) is 19.7 Å². The molecule has 0 saturated carbocycles. The number of aryl methyl sites for hydroxylation is 1. The van der Waals surface area contributed by atoms with E-state index in [9.17, 15) is 4.79 Å². The number of hydrogen-bond donors (Lipinski definition) is 0. The third-order valence-electron chi connectivity index (χ3n) is 3.17. The van der Waals surface area contributed by atoms with Gasteiger partial charge >= 0.3 is 0 Å². The van der Waals surface area contributed by atoms with Gasteiger partial charge in [-0.15, -0.1) is 0 Å². The van der Waals surface area contributed by atoms with Crippen LogP contribution >= 0.6 is 15.9 Å². The minimum atomic E-state index is 0.103. The highest BCUT2D eigenvalue weighted by molar-refractivity contribution is 9.10. The predicted molar refractivity (Wildman–Crippen MR) is 74.8 cm³/mol. The molecule has 1 aromatic rings. The van der Waals surface area contributed by atoms with E-state index in [1.807, 2.05) is 36.9 Å². The fourth-order valence-corrected chi connectivity index (χ4v) is 2.53. The average molecular weight is 312 g/mol. The van der Waals surface area contributed by atoms with Crippen molar-refractivity contribution in [2.45, 2.75) is 26.4 Å². The first kappa shape index (κ1) is 13.6. The lowest BCUT2D eigenvalue weighted by atomic mass is 10.1. The molecule has 1 atom stereocenters. The van der Waals surface area contributed by atoms with Crippen molar-refractivity contribution < 1.29 is 9.53 Å². The average Bonchev–Trinajstić information content (AvgIpc) is 2.56. The van der Waals surface area contributed by atoms with Crippen LogP contribution in [-0.4, -0.2) is 36.6 Å². The maximum absolute atomic E-state index is 12.5. The molecule has 1 aliphatic heterocycles. The Labute approximate surface area is 116 Å². The maximum Gasteiger partial charge on any atom is 0.254 e. The Morgan fingerprint density at radius 1 is 1.50 bits per heavy atom. The minimum Gasteiger partial charge on any atom is -0.377 e. The third-order valence-corrected chi connectivity index (χ3v) is 3.66. The lowest BCUT2D eigenvalue weighted by Crippen LogP contribution is -2.36. The summed E-state index contributed by atoms with van der Waals surface area (Å²) < 4.78 is 6.51. The van der Waals surface area contributed by atoms with Crippen LogP contribution in [-0.2, 0) is 4.74 Å². The van der Waals surface area contributed by atoms with Gasteiger partial charge in [0.2, 0.25) is 0 Å². The second-order valence-electron chi connectivity index (χ2n) is 4.75. The summed E-state index contributed by atoms with van der Waals surface area (Å²) in [4.78, 5) is 14.4. The molecule has 0 radical (unpaired) electrons. The van der Waals surface area contributed by atoms with Crippen molar-refractivity contribution in [3.8, 4) is 0 Å². The van der Waals surface area contributed by atoms with Gasteiger partial charge in [-0.05, 0) is 38.0 Å². The van der Waals surface area contributed by atoms with E-state index in [-0.39, 0.29) is 12.0 Å². The summed E-state index contributed by atoms with van der Waals surface area (Å²) in [5.41, 5.74) is 1.79. The largest absolute Gasteiger partial charge is 0.377 e. The standard InChI is InChI=1S/C14H18BrNO2/c1-10-4-5-12(15)8-13(10)14(17)16-6-3-7-18-11(2)9-16/h4-5,8,11H,3,6-7,9H2,1-2H3. The van der Waals surface area contributed by atoms with Gasteiger partial charge in [-0.3, -0.25) is 4.79 Å². The highest BCUT2D eigenvalue weighted by Crippen LogP contribution is 2.19. The zero-order chi connectivity index (χ0) is 13.1. The first-order chi connectivity index (χ1) is 8.58. The Hall–Kier alpha value is -0.870. The van der Waals surface area contributed by atoms with Gasteiger partial charge in [-0.1, -0.05) is 22.0 Å². The number of carbonyl (C=O) groups is 1. The third kappa shape index (κ3) is 3.12. The van der Waals surface area contributed by atoms with E-state index in [1.54, 1.807) is 0 Å². The van der Waals surface area contributed by atoms with E-state index in [0.29, 0.717) is 6.54 Å². The normalized spacial score (nSPS) is 20.6. The molecule has 0 aromatic heterocycles. The van der Waals surface area contributed by atoms with Crippen LogP contribution in [0.5, 0.6) is 0 Å². The molecule has 0 N–H and O–H groups in total. The molecule has 1 aliphatic rings. The van der Waals surface area contributed by atoms with Gasteiger partial charge in [0.1, 0.15) is 0 Å². The molecule has 0 aliphatic carbocycles. The number of amides is 1. The van der Waals surface area contributed by atoms with Crippen molar-refractivity contribution in [3.63, 3.8) is 0 Å². The number of carbonyl (C=O) groups excluding carboxylic acids is 1. The zero-order valence-corrected chi connectivity index (χ0v) is 12.4. The summed E-state index contributed by atoms with van der Waals surface area (Å²) in [7, 11) is 0. The van der Waals surface area contributed by atoms with E-state index in [2.05, 4.69) is 15.9 Å². The van der Waals surface area contributed by atoms with E-state index in [4.69, 9.17) is 4.74 Å². The summed E-state index contributed by atoms with van der Waals surface area (Å²) in [5.74, 6) is 0.103. The molecule has 0 bridgehead atoms. The molecule has 1 amide bonds. The minimum absolute atomic E-state index is 0.103. The Kier molecular flexibility index (Phi) is 4.40. The van der Waals surface area contributed by atoms with Crippen LogP contribution in [0.25, 0.3) is 0 Å². The van der Waals surface area contributed by atoms with Gasteiger partial charge in [0.05, 0.1) is 6.10 Å². The smallest absolute Gasteiger partial charge is 0.254 e.